The van der Waals surface area contributed by atoms with Crippen molar-refractivity contribution >= 4 is 22.1 Å². The van der Waals surface area contributed by atoms with E-state index >= 15 is 0 Å². The Bertz CT molecular complexity index is 265. The molecular weight excluding hydrogens is 244 g/mol. The lowest BCUT2D eigenvalue weighted by Crippen LogP contribution is -2.66. The first-order valence-corrected chi connectivity index (χ1v) is 10.4. The van der Waals surface area contributed by atoms with Crippen molar-refractivity contribution in [1.29, 1.82) is 0 Å². The van der Waals surface area contributed by atoms with Gasteiger partial charge in [0.05, 0.1) is 0 Å². The molecule has 0 amide bonds. The molecule has 0 aliphatic heterocycles. The molecule has 0 aromatic heterocycles. The molecular formula is C9H20O5Si2. The van der Waals surface area contributed by atoms with Crippen molar-refractivity contribution in [3.05, 3.63) is 12.2 Å². The van der Waals surface area contributed by atoms with Crippen LogP contribution < -0.4 is 0 Å². The largest absolute Gasteiger partial charge is 0.517 e. The Balaban J connectivity index is 5.00. The van der Waals surface area contributed by atoms with Gasteiger partial charge in [-0.15, -0.1) is 0 Å². The minimum Gasteiger partial charge on any atom is -0.510 e. The summed E-state index contributed by atoms with van der Waals surface area (Å²) in [6, 6.07) is 0. The topological polar surface area (TPSA) is 54.0 Å². The molecule has 0 aliphatic rings. The lowest BCUT2D eigenvalue weighted by molar-refractivity contribution is -0.130. The van der Waals surface area contributed by atoms with Crippen molar-refractivity contribution in [2.24, 2.45) is 0 Å². The van der Waals surface area contributed by atoms with Gasteiger partial charge in [0.25, 0.3) is 0 Å². The fourth-order valence-corrected chi connectivity index (χ4v) is 9.18. The van der Waals surface area contributed by atoms with Crippen LogP contribution in [0.25, 0.3) is 0 Å². The molecule has 0 atom stereocenters. The van der Waals surface area contributed by atoms with Crippen LogP contribution in [0.5, 0.6) is 0 Å². The normalized spacial score (nSPS) is 12.4. The van der Waals surface area contributed by atoms with Crippen molar-refractivity contribution in [3.63, 3.8) is 0 Å². The molecule has 0 saturated carbocycles. The molecule has 7 heteroatoms. The summed E-state index contributed by atoms with van der Waals surface area (Å²) < 4.78 is 21.4. The molecule has 0 spiro atoms. The summed E-state index contributed by atoms with van der Waals surface area (Å²) in [5.74, 6) is -0.431. The fraction of sp³-hybridized carbons (Fsp3) is 0.667. The van der Waals surface area contributed by atoms with E-state index < -0.39 is 22.1 Å². The summed E-state index contributed by atoms with van der Waals surface area (Å²) in [7, 11) is -0.938. The molecule has 0 heterocycles. The Labute approximate surface area is 98.6 Å². The van der Waals surface area contributed by atoms with Crippen LogP contribution in [0.3, 0.4) is 0 Å². The Morgan fingerprint density at radius 3 is 1.69 bits per heavy atom. The van der Waals surface area contributed by atoms with Crippen LogP contribution in [-0.4, -0.2) is 43.5 Å². The predicted molar refractivity (Wildman–Crippen MR) is 65.2 cm³/mol. The molecule has 16 heavy (non-hydrogen) atoms. The van der Waals surface area contributed by atoms with E-state index in [0.717, 1.165) is 0 Å². The molecule has 0 fully saturated rings. The molecule has 94 valence electrons. The van der Waals surface area contributed by atoms with Crippen LogP contribution in [0.4, 0.5) is 0 Å². The third-order valence-electron chi connectivity index (χ3n) is 2.24. The van der Waals surface area contributed by atoms with Gasteiger partial charge in [-0.05, 0) is 20.0 Å². The Kier molecular flexibility index (Phi) is 5.56. The zero-order valence-electron chi connectivity index (χ0n) is 10.7. The Morgan fingerprint density at radius 1 is 1.06 bits per heavy atom. The zero-order chi connectivity index (χ0) is 13.0. The van der Waals surface area contributed by atoms with Crippen molar-refractivity contribution in [2.45, 2.75) is 20.0 Å². The van der Waals surface area contributed by atoms with E-state index in [1.807, 2.05) is 13.1 Å². The van der Waals surface area contributed by atoms with E-state index in [0.29, 0.717) is 5.57 Å². The second kappa shape index (κ2) is 5.73. The SMILES string of the molecule is C=C(C)C(=O)O[Si](C)(C)[Si](OC)(OC)OC. The highest BCUT2D eigenvalue weighted by molar-refractivity contribution is 7.31. The lowest BCUT2D eigenvalue weighted by Gasteiger charge is -2.35. The lowest BCUT2D eigenvalue weighted by atomic mass is 10.4. The highest BCUT2D eigenvalue weighted by atomic mass is 29.3. The monoisotopic (exact) mass is 264 g/mol. The smallest absolute Gasteiger partial charge is 0.510 e. The Morgan fingerprint density at radius 2 is 1.44 bits per heavy atom. The first kappa shape index (κ1) is 15.5. The predicted octanol–water partition coefficient (Wildman–Crippen LogP) is 1.27. The molecule has 0 saturated heterocycles. The summed E-state index contributed by atoms with van der Waals surface area (Å²) in [5, 5.41) is 0. The molecule has 5 nitrogen and oxygen atoms in total. The molecule has 0 N–H and O–H groups in total. The van der Waals surface area contributed by atoms with Crippen molar-refractivity contribution in [2.75, 3.05) is 21.3 Å². The van der Waals surface area contributed by atoms with Crippen LogP contribution in [0.1, 0.15) is 6.92 Å². The second-order valence-electron chi connectivity index (χ2n) is 3.85. The van der Waals surface area contributed by atoms with Gasteiger partial charge in [0, 0.05) is 26.9 Å². The number of carbonyl (C=O) groups is 1. The number of rotatable bonds is 6. The van der Waals surface area contributed by atoms with Gasteiger partial charge in [0.1, 0.15) is 0 Å². The second-order valence-corrected chi connectivity index (χ2v) is 14.9. The maximum absolute atomic E-state index is 11.5. The van der Waals surface area contributed by atoms with E-state index in [-0.39, 0.29) is 0 Å². The van der Waals surface area contributed by atoms with Crippen molar-refractivity contribution in [1.82, 2.24) is 0 Å². The van der Waals surface area contributed by atoms with Crippen LogP contribution in [-0.2, 0) is 22.5 Å². The molecule has 0 unspecified atom stereocenters. The van der Waals surface area contributed by atoms with E-state index in [4.69, 9.17) is 17.7 Å². The standard InChI is InChI=1S/C9H20O5Si2/c1-8(2)9(10)14-15(6,7)16(11-3,12-4)13-5/h1H2,2-7H3. The maximum atomic E-state index is 11.5. The molecule has 0 rings (SSSR count). The summed E-state index contributed by atoms with van der Waals surface area (Å²) in [4.78, 5) is 11.5. The molecule has 0 aromatic carbocycles. The summed E-state index contributed by atoms with van der Waals surface area (Å²) in [6.07, 6.45) is 0. The van der Waals surface area contributed by atoms with Crippen molar-refractivity contribution in [3.8, 4) is 0 Å². The third-order valence-corrected chi connectivity index (χ3v) is 12.6. The Hall–Kier alpha value is -0.476. The minimum atomic E-state index is -2.90. The average Bonchev–Trinajstić information content (AvgIpc) is 2.19. The zero-order valence-corrected chi connectivity index (χ0v) is 12.7. The maximum Gasteiger partial charge on any atom is 0.517 e. The summed E-state index contributed by atoms with van der Waals surface area (Å²) in [6.45, 7) is 8.80. The highest BCUT2D eigenvalue weighted by Gasteiger charge is 2.60. The van der Waals surface area contributed by atoms with Crippen LogP contribution in [0, 0.1) is 0 Å². The van der Waals surface area contributed by atoms with Crippen LogP contribution >= 0.6 is 0 Å². The van der Waals surface area contributed by atoms with E-state index in [1.165, 1.54) is 21.3 Å². The van der Waals surface area contributed by atoms with Gasteiger partial charge >= 0.3 is 22.1 Å². The summed E-state index contributed by atoms with van der Waals surface area (Å²) in [5.41, 5.74) is 0.354. The fourth-order valence-electron chi connectivity index (χ4n) is 1.37. The highest BCUT2D eigenvalue weighted by Crippen LogP contribution is 2.23. The van der Waals surface area contributed by atoms with Crippen LogP contribution in [0.2, 0.25) is 13.1 Å². The van der Waals surface area contributed by atoms with Gasteiger partial charge in [-0.25, -0.2) is 4.79 Å². The molecule has 0 radical (unpaired) electrons. The molecule has 0 aliphatic carbocycles. The first-order valence-electron chi connectivity index (χ1n) is 4.80. The van der Waals surface area contributed by atoms with E-state index in [9.17, 15) is 4.79 Å². The van der Waals surface area contributed by atoms with E-state index in [2.05, 4.69) is 6.58 Å². The van der Waals surface area contributed by atoms with Gasteiger partial charge < -0.3 is 17.7 Å². The third kappa shape index (κ3) is 3.02. The minimum absolute atomic E-state index is 0.354. The van der Waals surface area contributed by atoms with Crippen molar-refractivity contribution < 1.29 is 22.5 Å². The average molecular weight is 264 g/mol. The van der Waals surface area contributed by atoms with Crippen LogP contribution in [0.15, 0.2) is 12.2 Å². The van der Waals surface area contributed by atoms with Gasteiger partial charge in [-0.2, -0.15) is 0 Å². The number of hydrogen-bond acceptors (Lipinski definition) is 5. The molecule has 0 aromatic rings. The molecule has 0 bridgehead atoms. The summed E-state index contributed by atoms with van der Waals surface area (Å²) >= 11 is 0. The van der Waals surface area contributed by atoms with Gasteiger partial charge in [0.2, 0.25) is 0 Å². The first-order chi connectivity index (χ1) is 7.26. The van der Waals surface area contributed by atoms with E-state index in [1.54, 1.807) is 6.92 Å². The van der Waals surface area contributed by atoms with Gasteiger partial charge in [-0.3, -0.25) is 0 Å². The van der Waals surface area contributed by atoms with Gasteiger partial charge in [0.15, 0.2) is 0 Å². The number of carbonyl (C=O) groups excluding carboxylic acids is 1. The van der Waals surface area contributed by atoms with Gasteiger partial charge in [-0.1, -0.05) is 6.58 Å². The number of hydrogen-bond donors (Lipinski definition) is 0. The quantitative estimate of drug-likeness (QED) is 0.534.